The van der Waals surface area contributed by atoms with Crippen LogP contribution in [0, 0.1) is 4.77 Å². The van der Waals surface area contributed by atoms with E-state index >= 15 is 0 Å². The Morgan fingerprint density at radius 3 is 2.75 bits per heavy atom. The second-order valence-corrected chi connectivity index (χ2v) is 5.52. The summed E-state index contributed by atoms with van der Waals surface area (Å²) in [5.41, 5.74) is 1.09. The lowest BCUT2D eigenvalue weighted by molar-refractivity contribution is 1.03. The van der Waals surface area contributed by atoms with Crippen molar-refractivity contribution in [1.82, 2.24) is 20.2 Å². The quantitative estimate of drug-likeness (QED) is 0.840. The van der Waals surface area contributed by atoms with E-state index in [0.717, 1.165) is 33.6 Å². The van der Waals surface area contributed by atoms with E-state index in [1.54, 1.807) is 23.1 Å². The van der Waals surface area contributed by atoms with Crippen LogP contribution in [0.1, 0.15) is 17.6 Å². The zero-order chi connectivity index (χ0) is 11.5. The average molecular weight is 272 g/mol. The van der Waals surface area contributed by atoms with Crippen molar-refractivity contribution in [3.05, 3.63) is 15.5 Å². The standard InChI is InChI=1S/C9H12N4S3/c1-3-5-7(8-11-9(14)13-12-8)16-6(10-5)4-15-2/h3-4H2,1-2H3,(H2,11,12,13,14). The van der Waals surface area contributed by atoms with Gasteiger partial charge in [-0.15, -0.1) is 11.3 Å². The Kier molecular flexibility index (Phi) is 3.78. The molecular formula is C9H12N4S3. The van der Waals surface area contributed by atoms with E-state index in [1.165, 1.54) is 0 Å². The third kappa shape index (κ3) is 2.36. The lowest BCUT2D eigenvalue weighted by Gasteiger charge is -1.92. The summed E-state index contributed by atoms with van der Waals surface area (Å²) in [5, 5.41) is 6.93. The highest BCUT2D eigenvalue weighted by Crippen LogP contribution is 2.29. The smallest absolute Gasteiger partial charge is 0.213 e. The number of aromatic nitrogens is 4. The van der Waals surface area contributed by atoms with E-state index in [4.69, 9.17) is 12.2 Å². The first-order valence-electron chi connectivity index (χ1n) is 4.87. The summed E-state index contributed by atoms with van der Waals surface area (Å²) in [5.74, 6) is 1.75. The van der Waals surface area contributed by atoms with Gasteiger partial charge >= 0.3 is 0 Å². The molecule has 0 atom stereocenters. The molecule has 0 bridgehead atoms. The van der Waals surface area contributed by atoms with E-state index < -0.39 is 0 Å². The average Bonchev–Trinajstić information content (AvgIpc) is 2.84. The van der Waals surface area contributed by atoms with Crippen molar-refractivity contribution < 1.29 is 0 Å². The van der Waals surface area contributed by atoms with Gasteiger partial charge in [-0.05, 0) is 24.9 Å². The van der Waals surface area contributed by atoms with Gasteiger partial charge in [0.05, 0.1) is 10.6 Å². The minimum atomic E-state index is 0.483. The van der Waals surface area contributed by atoms with E-state index in [9.17, 15) is 0 Å². The molecule has 0 saturated carbocycles. The number of aryl methyl sites for hydroxylation is 1. The molecule has 0 radical (unpaired) electrons. The van der Waals surface area contributed by atoms with Crippen LogP contribution >= 0.6 is 35.3 Å². The second kappa shape index (κ2) is 5.11. The maximum atomic E-state index is 4.95. The van der Waals surface area contributed by atoms with Gasteiger partial charge in [-0.2, -0.15) is 16.7 Å². The summed E-state index contributed by atoms with van der Waals surface area (Å²) < 4.78 is 0.483. The number of nitrogens with one attached hydrogen (secondary N) is 2. The van der Waals surface area contributed by atoms with Gasteiger partial charge in [-0.3, -0.25) is 10.2 Å². The predicted molar refractivity (Wildman–Crippen MR) is 71.5 cm³/mol. The molecule has 0 aliphatic rings. The minimum Gasteiger partial charge on any atom is -0.281 e. The third-order valence-electron chi connectivity index (χ3n) is 2.06. The highest BCUT2D eigenvalue weighted by molar-refractivity contribution is 7.97. The SMILES string of the molecule is CCc1nc(CSC)sc1-c1nc(=S)[nH][nH]1. The van der Waals surface area contributed by atoms with Crippen molar-refractivity contribution in [2.75, 3.05) is 6.26 Å². The van der Waals surface area contributed by atoms with Crippen LogP contribution in [-0.2, 0) is 12.2 Å². The molecule has 16 heavy (non-hydrogen) atoms. The lowest BCUT2D eigenvalue weighted by atomic mass is 10.3. The summed E-state index contributed by atoms with van der Waals surface area (Å²) in [6.45, 7) is 2.10. The number of thiazole rings is 1. The van der Waals surface area contributed by atoms with Gasteiger partial charge in [0.1, 0.15) is 5.01 Å². The van der Waals surface area contributed by atoms with Gasteiger partial charge in [-0.25, -0.2) is 4.98 Å². The molecule has 4 nitrogen and oxygen atoms in total. The maximum absolute atomic E-state index is 4.95. The number of rotatable bonds is 4. The maximum Gasteiger partial charge on any atom is 0.213 e. The minimum absolute atomic E-state index is 0.483. The van der Waals surface area contributed by atoms with Crippen LogP contribution in [0.5, 0.6) is 0 Å². The van der Waals surface area contributed by atoms with Crippen LogP contribution in [0.15, 0.2) is 0 Å². The van der Waals surface area contributed by atoms with Crippen LogP contribution in [-0.4, -0.2) is 26.4 Å². The van der Waals surface area contributed by atoms with Crippen molar-refractivity contribution in [1.29, 1.82) is 0 Å². The Labute approximate surface area is 107 Å². The molecule has 2 aromatic rings. The summed E-state index contributed by atoms with van der Waals surface area (Å²) in [6.07, 6.45) is 2.99. The third-order valence-corrected chi connectivity index (χ3v) is 4.10. The molecular weight excluding hydrogens is 260 g/mol. The molecule has 2 heterocycles. The zero-order valence-electron chi connectivity index (χ0n) is 9.03. The molecule has 2 N–H and O–H groups in total. The van der Waals surface area contributed by atoms with Gasteiger partial charge in [0.15, 0.2) is 5.82 Å². The van der Waals surface area contributed by atoms with E-state index in [0.29, 0.717) is 4.77 Å². The highest BCUT2D eigenvalue weighted by Gasteiger charge is 2.13. The molecule has 0 aliphatic heterocycles. The molecule has 86 valence electrons. The normalized spacial score (nSPS) is 10.9. The summed E-state index contributed by atoms with van der Waals surface area (Å²) in [4.78, 5) is 9.92. The van der Waals surface area contributed by atoms with Gasteiger partial charge in [0.25, 0.3) is 0 Å². The summed E-state index contributed by atoms with van der Waals surface area (Å²) >= 11 is 8.41. The van der Waals surface area contributed by atoms with Crippen molar-refractivity contribution >= 4 is 35.3 Å². The fourth-order valence-corrected chi connectivity index (χ4v) is 3.32. The summed E-state index contributed by atoms with van der Waals surface area (Å²) in [7, 11) is 0. The molecule has 0 unspecified atom stereocenters. The first-order valence-corrected chi connectivity index (χ1v) is 7.49. The van der Waals surface area contributed by atoms with E-state index in [-0.39, 0.29) is 0 Å². The predicted octanol–water partition coefficient (Wildman–Crippen LogP) is 3.02. The Balaban J connectivity index is 2.42. The molecule has 2 aromatic heterocycles. The van der Waals surface area contributed by atoms with Gasteiger partial charge in [0.2, 0.25) is 4.77 Å². The first kappa shape index (κ1) is 11.8. The van der Waals surface area contributed by atoms with Crippen molar-refractivity contribution in [3.63, 3.8) is 0 Å². The van der Waals surface area contributed by atoms with E-state index in [2.05, 4.69) is 33.3 Å². The molecule has 0 spiro atoms. The Hall–Kier alpha value is -0.660. The number of thioether (sulfide) groups is 1. The first-order chi connectivity index (χ1) is 7.74. The highest BCUT2D eigenvalue weighted by atomic mass is 32.2. The largest absolute Gasteiger partial charge is 0.281 e. The van der Waals surface area contributed by atoms with Gasteiger partial charge < -0.3 is 0 Å². The van der Waals surface area contributed by atoms with Crippen molar-refractivity contribution in [2.24, 2.45) is 0 Å². The second-order valence-electron chi connectivity index (χ2n) is 3.19. The fraction of sp³-hybridized carbons (Fsp3) is 0.444. The number of hydrogen-bond acceptors (Lipinski definition) is 5. The lowest BCUT2D eigenvalue weighted by Crippen LogP contribution is -1.86. The molecule has 2 rings (SSSR count). The topological polar surface area (TPSA) is 57.4 Å². The molecule has 0 aromatic carbocycles. The van der Waals surface area contributed by atoms with E-state index in [1.807, 2.05) is 0 Å². The van der Waals surface area contributed by atoms with Gasteiger partial charge in [0, 0.05) is 5.75 Å². The Morgan fingerprint density at radius 1 is 1.38 bits per heavy atom. The van der Waals surface area contributed by atoms with Crippen LogP contribution in [0.25, 0.3) is 10.7 Å². The zero-order valence-corrected chi connectivity index (χ0v) is 11.5. The molecule has 0 saturated heterocycles. The number of aromatic amines is 2. The Bertz CT molecular complexity index is 525. The molecule has 0 amide bonds. The summed E-state index contributed by atoms with van der Waals surface area (Å²) in [6, 6.07) is 0. The van der Waals surface area contributed by atoms with Crippen LogP contribution < -0.4 is 0 Å². The van der Waals surface area contributed by atoms with Crippen molar-refractivity contribution in [3.8, 4) is 10.7 Å². The Morgan fingerprint density at radius 2 is 2.19 bits per heavy atom. The van der Waals surface area contributed by atoms with Gasteiger partial charge in [-0.1, -0.05) is 6.92 Å². The van der Waals surface area contributed by atoms with Crippen LogP contribution in [0.4, 0.5) is 0 Å². The number of nitrogens with zero attached hydrogens (tertiary/aromatic N) is 2. The molecule has 0 aliphatic carbocycles. The molecule has 7 heteroatoms. The van der Waals surface area contributed by atoms with Crippen LogP contribution in [0.3, 0.4) is 0 Å². The van der Waals surface area contributed by atoms with Crippen LogP contribution in [0.2, 0.25) is 0 Å². The fourth-order valence-electron chi connectivity index (χ4n) is 1.39. The molecule has 0 fully saturated rings. The van der Waals surface area contributed by atoms with Crippen molar-refractivity contribution in [2.45, 2.75) is 19.1 Å². The number of hydrogen-bond donors (Lipinski definition) is 2. The number of H-pyrrole nitrogens is 2. The monoisotopic (exact) mass is 272 g/mol.